The molecule has 1 aromatic rings. The molecule has 1 aromatic carbocycles. The minimum absolute atomic E-state index is 0.0144. The third-order valence-electron chi connectivity index (χ3n) is 4.12. The van der Waals surface area contributed by atoms with Crippen molar-refractivity contribution in [2.45, 2.75) is 38.0 Å². The molecular formula is C18H25N7O8. The quantitative estimate of drug-likeness (QED) is 0.0752. The number of benzene rings is 1. The molecule has 15 heteroatoms. The van der Waals surface area contributed by atoms with Crippen molar-refractivity contribution in [2.24, 2.45) is 22.2 Å². The molecule has 0 bridgehead atoms. The highest BCUT2D eigenvalue weighted by atomic mass is 16.7. The fraction of sp³-hybridized carbons (Fsp3) is 0.389. The highest BCUT2D eigenvalue weighted by molar-refractivity contribution is 5.92. The standard InChI is InChI=1S/C18H25N7O8/c19-14(26)9-12(23-18(30)33-10-11-5-2-1-3-6-11)15(27)24(25(31)32)13(16(28)29)7-4-8-22-17(20)21/h1-3,5-6,12-13H,4,7-10H2,(H2,19,26)(H,23,30)(H,28,29)(H4,20,21,22)/t12-,13-/m0/s1. The average molecular weight is 467 g/mol. The van der Waals surface area contributed by atoms with E-state index in [4.69, 9.17) is 21.9 Å². The highest BCUT2D eigenvalue weighted by Crippen LogP contribution is 2.13. The van der Waals surface area contributed by atoms with E-state index in [9.17, 15) is 34.4 Å². The van der Waals surface area contributed by atoms with Gasteiger partial charge in [-0.2, -0.15) is 0 Å². The Morgan fingerprint density at radius 2 is 1.82 bits per heavy atom. The lowest BCUT2D eigenvalue weighted by molar-refractivity contribution is -0.640. The van der Waals surface area contributed by atoms with Crippen LogP contribution in [0.2, 0.25) is 0 Å². The number of carboxylic acid groups (broad SMARTS) is 1. The van der Waals surface area contributed by atoms with Crippen LogP contribution in [0, 0.1) is 10.1 Å². The Labute approximate surface area is 187 Å². The summed E-state index contributed by atoms with van der Waals surface area (Å²) in [5.41, 5.74) is 16.0. The van der Waals surface area contributed by atoms with Crippen LogP contribution >= 0.6 is 0 Å². The number of aliphatic carboxylic acids is 1. The van der Waals surface area contributed by atoms with E-state index in [1.807, 2.05) is 5.32 Å². The number of alkyl carbamates (subject to hydrolysis) is 1. The molecule has 33 heavy (non-hydrogen) atoms. The lowest BCUT2D eigenvalue weighted by Gasteiger charge is -2.24. The summed E-state index contributed by atoms with van der Waals surface area (Å²) in [6.45, 7) is -0.230. The third kappa shape index (κ3) is 9.50. The Morgan fingerprint density at radius 3 is 2.33 bits per heavy atom. The van der Waals surface area contributed by atoms with Crippen molar-refractivity contribution < 1.29 is 34.1 Å². The van der Waals surface area contributed by atoms with Gasteiger partial charge < -0.3 is 32.4 Å². The normalized spacial score (nSPS) is 12.0. The lowest BCUT2D eigenvalue weighted by Crippen LogP contribution is -2.57. The minimum atomic E-state index is -1.93. The van der Waals surface area contributed by atoms with E-state index in [0.29, 0.717) is 5.56 Å². The number of aliphatic imine (C=N–C) groups is 1. The molecular weight excluding hydrogens is 442 g/mol. The van der Waals surface area contributed by atoms with Gasteiger partial charge in [-0.05, 0) is 23.4 Å². The molecule has 0 aliphatic rings. The van der Waals surface area contributed by atoms with Gasteiger partial charge in [0.2, 0.25) is 5.91 Å². The number of nitro groups is 1. The molecule has 8 N–H and O–H groups in total. The largest absolute Gasteiger partial charge is 0.480 e. The van der Waals surface area contributed by atoms with Gasteiger partial charge in [0.05, 0.1) is 6.42 Å². The van der Waals surface area contributed by atoms with Gasteiger partial charge in [-0.15, -0.1) is 0 Å². The van der Waals surface area contributed by atoms with E-state index < -0.39 is 47.4 Å². The summed E-state index contributed by atoms with van der Waals surface area (Å²) in [4.78, 5) is 63.1. The lowest BCUT2D eigenvalue weighted by atomic mass is 10.1. The second-order valence-corrected chi connectivity index (χ2v) is 6.65. The van der Waals surface area contributed by atoms with Crippen LogP contribution < -0.4 is 22.5 Å². The number of carbonyl (C=O) groups excluding carboxylic acids is 3. The number of hydrogen-bond donors (Lipinski definition) is 5. The minimum Gasteiger partial charge on any atom is -0.480 e. The van der Waals surface area contributed by atoms with Gasteiger partial charge in [-0.3, -0.25) is 14.6 Å². The van der Waals surface area contributed by atoms with Gasteiger partial charge in [-0.1, -0.05) is 30.3 Å². The molecule has 0 saturated carbocycles. The number of ether oxygens (including phenoxy) is 1. The van der Waals surface area contributed by atoms with Crippen LogP contribution in [0.3, 0.4) is 0 Å². The van der Waals surface area contributed by atoms with Crippen LogP contribution in [-0.4, -0.2) is 63.6 Å². The first-order valence-electron chi connectivity index (χ1n) is 9.54. The average Bonchev–Trinajstić information content (AvgIpc) is 2.73. The third-order valence-corrected chi connectivity index (χ3v) is 4.12. The van der Waals surface area contributed by atoms with Crippen LogP contribution in [-0.2, 0) is 25.7 Å². The summed E-state index contributed by atoms with van der Waals surface area (Å²) in [5, 5.41) is 21.6. The van der Waals surface area contributed by atoms with E-state index in [2.05, 4.69) is 4.99 Å². The molecule has 2 atom stereocenters. The van der Waals surface area contributed by atoms with E-state index >= 15 is 0 Å². The molecule has 0 saturated heterocycles. The highest BCUT2D eigenvalue weighted by Gasteiger charge is 2.43. The topological polar surface area (TPSA) is 247 Å². The van der Waals surface area contributed by atoms with Crippen molar-refractivity contribution in [1.82, 2.24) is 10.3 Å². The molecule has 15 nitrogen and oxygen atoms in total. The number of carbonyl (C=O) groups is 4. The molecule has 0 heterocycles. The zero-order chi connectivity index (χ0) is 25.0. The van der Waals surface area contributed by atoms with Gasteiger partial charge >= 0.3 is 18.0 Å². The first-order valence-corrected chi connectivity index (χ1v) is 9.54. The van der Waals surface area contributed by atoms with Crippen LogP contribution in [0.1, 0.15) is 24.8 Å². The Kier molecular flexibility index (Phi) is 10.5. The van der Waals surface area contributed by atoms with Crippen LogP contribution in [0.4, 0.5) is 4.79 Å². The number of amides is 3. The fourth-order valence-electron chi connectivity index (χ4n) is 2.66. The van der Waals surface area contributed by atoms with Gasteiger partial charge in [-0.25, -0.2) is 19.7 Å². The number of guanidine groups is 1. The molecule has 0 spiro atoms. The molecule has 1 rings (SSSR count). The number of hydrogen-bond acceptors (Lipinski definition) is 8. The SMILES string of the molecule is NC(=O)C[C@H](NC(=O)OCc1ccccc1)C(=O)N([C@@H](CCCN=C(N)N)C(=O)O)[N+](=O)[O-]. The second kappa shape index (κ2) is 13.1. The maximum atomic E-state index is 12.8. The summed E-state index contributed by atoms with van der Waals surface area (Å²) in [6.07, 6.45) is -2.40. The van der Waals surface area contributed by atoms with Crippen molar-refractivity contribution in [3.05, 3.63) is 46.0 Å². The monoisotopic (exact) mass is 467 g/mol. The predicted molar refractivity (Wildman–Crippen MR) is 113 cm³/mol. The van der Waals surface area contributed by atoms with Gasteiger partial charge in [0.1, 0.15) is 12.6 Å². The molecule has 180 valence electrons. The van der Waals surface area contributed by atoms with Gasteiger partial charge in [0.15, 0.2) is 17.0 Å². The number of hydrazine groups is 1. The Balaban J connectivity index is 2.98. The first kappa shape index (κ1) is 26.6. The van der Waals surface area contributed by atoms with Crippen molar-refractivity contribution in [1.29, 1.82) is 0 Å². The van der Waals surface area contributed by atoms with E-state index in [-0.39, 0.29) is 37.0 Å². The Bertz CT molecular complexity index is 889. The fourth-order valence-corrected chi connectivity index (χ4v) is 2.66. The maximum Gasteiger partial charge on any atom is 0.408 e. The van der Waals surface area contributed by atoms with Crippen LogP contribution in [0.25, 0.3) is 0 Å². The van der Waals surface area contributed by atoms with Crippen molar-refractivity contribution in [2.75, 3.05) is 6.54 Å². The van der Waals surface area contributed by atoms with Crippen molar-refractivity contribution in [3.63, 3.8) is 0 Å². The number of nitrogens with two attached hydrogens (primary N) is 3. The van der Waals surface area contributed by atoms with E-state index in [0.717, 1.165) is 0 Å². The molecule has 0 radical (unpaired) electrons. The summed E-state index contributed by atoms with van der Waals surface area (Å²) in [7, 11) is 0. The van der Waals surface area contributed by atoms with Crippen LogP contribution in [0.15, 0.2) is 35.3 Å². The second-order valence-electron chi connectivity index (χ2n) is 6.65. The maximum absolute atomic E-state index is 12.8. The molecule has 0 fully saturated rings. The first-order chi connectivity index (χ1) is 15.5. The summed E-state index contributed by atoms with van der Waals surface area (Å²) >= 11 is 0. The summed E-state index contributed by atoms with van der Waals surface area (Å²) in [6, 6.07) is 4.69. The van der Waals surface area contributed by atoms with Crippen LogP contribution in [0.5, 0.6) is 0 Å². The smallest absolute Gasteiger partial charge is 0.408 e. The molecule has 3 amide bonds. The number of rotatable bonds is 13. The van der Waals surface area contributed by atoms with Crippen molar-refractivity contribution >= 4 is 29.8 Å². The predicted octanol–water partition coefficient (Wildman–Crippen LogP) is -1.32. The number of primary amides is 1. The number of carboxylic acids is 1. The van der Waals surface area contributed by atoms with Gasteiger partial charge in [0, 0.05) is 6.54 Å². The van der Waals surface area contributed by atoms with Crippen molar-refractivity contribution in [3.8, 4) is 0 Å². The van der Waals surface area contributed by atoms with E-state index in [1.54, 1.807) is 30.3 Å². The summed E-state index contributed by atoms with van der Waals surface area (Å²) in [5.74, 6) is -4.48. The number of nitrogens with zero attached hydrogens (tertiary/aromatic N) is 3. The number of nitrogens with one attached hydrogen (secondary N) is 1. The Hall–Kier alpha value is -4.43. The molecule has 0 unspecified atom stereocenters. The molecule has 0 aliphatic carbocycles. The Morgan fingerprint density at radius 1 is 1.18 bits per heavy atom. The zero-order valence-electron chi connectivity index (χ0n) is 17.5. The molecule has 0 aromatic heterocycles. The molecule has 0 aliphatic heterocycles. The summed E-state index contributed by atoms with van der Waals surface area (Å²) < 4.78 is 4.94. The van der Waals surface area contributed by atoms with Gasteiger partial charge in [0.25, 0.3) is 0 Å². The zero-order valence-corrected chi connectivity index (χ0v) is 17.5. The van der Waals surface area contributed by atoms with E-state index in [1.165, 1.54) is 0 Å².